The quantitative estimate of drug-likeness (QED) is 0.819. The molecule has 1 aliphatic carbocycles. The lowest BCUT2D eigenvalue weighted by atomic mass is 9.83. The number of ether oxygens (including phenoxy) is 1. The minimum Gasteiger partial charge on any atom is -0.497 e. The number of amides is 2. The van der Waals surface area contributed by atoms with Crippen LogP contribution in [-0.2, 0) is 4.79 Å². The first kappa shape index (κ1) is 19.5. The Morgan fingerprint density at radius 2 is 1.76 bits per heavy atom. The van der Waals surface area contributed by atoms with Gasteiger partial charge in [0, 0.05) is 31.1 Å². The number of carbonyl (C=O) groups is 2. The van der Waals surface area contributed by atoms with Crippen LogP contribution in [-0.4, -0.2) is 43.5 Å². The van der Waals surface area contributed by atoms with Crippen molar-refractivity contribution in [3.63, 3.8) is 0 Å². The zero-order valence-corrected chi connectivity index (χ0v) is 16.8. The third kappa shape index (κ3) is 4.78. The van der Waals surface area contributed by atoms with Gasteiger partial charge in [-0.05, 0) is 55.0 Å². The first-order valence-electron chi connectivity index (χ1n) is 10.4. The molecule has 1 aliphatic heterocycles. The molecule has 1 heterocycles. The summed E-state index contributed by atoms with van der Waals surface area (Å²) in [7, 11) is 1.61. The second-order valence-electron chi connectivity index (χ2n) is 8.17. The molecule has 2 fully saturated rings. The van der Waals surface area contributed by atoms with Crippen LogP contribution in [0.25, 0.3) is 0 Å². The summed E-state index contributed by atoms with van der Waals surface area (Å²) in [6, 6.07) is 17.4. The Labute approximate surface area is 172 Å². The van der Waals surface area contributed by atoms with E-state index in [1.54, 1.807) is 31.4 Å². The second kappa shape index (κ2) is 8.68. The topological polar surface area (TPSA) is 58.6 Å². The van der Waals surface area contributed by atoms with Gasteiger partial charge < -0.3 is 15.0 Å². The van der Waals surface area contributed by atoms with Gasteiger partial charge in [0.15, 0.2) is 0 Å². The van der Waals surface area contributed by atoms with E-state index >= 15 is 0 Å². The minimum atomic E-state index is -0.185. The average molecular weight is 392 g/mol. The highest BCUT2D eigenvalue weighted by atomic mass is 16.5. The van der Waals surface area contributed by atoms with Crippen molar-refractivity contribution in [1.29, 1.82) is 0 Å². The largest absolute Gasteiger partial charge is 0.497 e. The number of benzene rings is 2. The summed E-state index contributed by atoms with van der Waals surface area (Å²) >= 11 is 0. The molecule has 1 saturated heterocycles. The number of nitrogens with zero attached hydrogens (tertiary/aromatic N) is 1. The molecule has 1 N–H and O–H groups in total. The molecule has 1 saturated carbocycles. The summed E-state index contributed by atoms with van der Waals surface area (Å²) < 4.78 is 5.19. The minimum absolute atomic E-state index is 0.0340. The standard InChI is InChI=1S/C24H28N2O3/c1-29-22-11-9-19(10-12-22)24(28)26-15-20(18-5-3-2-4-6-18)13-21(16-26)23(27)25-14-17-7-8-17/h2-6,9-12,17,20-21H,7-8,13-16H2,1H3,(H,25,27)/t20-,21-/m1/s1. The van der Waals surface area contributed by atoms with E-state index in [2.05, 4.69) is 17.4 Å². The maximum absolute atomic E-state index is 13.2. The van der Waals surface area contributed by atoms with Gasteiger partial charge in [-0.3, -0.25) is 9.59 Å². The van der Waals surface area contributed by atoms with Gasteiger partial charge >= 0.3 is 0 Å². The Morgan fingerprint density at radius 1 is 1.03 bits per heavy atom. The molecule has 2 aromatic carbocycles. The number of hydrogen-bond acceptors (Lipinski definition) is 3. The Morgan fingerprint density at radius 3 is 2.41 bits per heavy atom. The fraction of sp³-hybridized carbons (Fsp3) is 0.417. The zero-order chi connectivity index (χ0) is 20.2. The Hall–Kier alpha value is -2.82. The lowest BCUT2D eigenvalue weighted by Gasteiger charge is -2.37. The summed E-state index contributed by atoms with van der Waals surface area (Å²) in [6.07, 6.45) is 3.19. The number of carbonyl (C=O) groups excluding carboxylic acids is 2. The van der Waals surface area contributed by atoms with Crippen LogP contribution < -0.4 is 10.1 Å². The highest BCUT2D eigenvalue weighted by Crippen LogP contribution is 2.32. The molecule has 4 rings (SSSR count). The summed E-state index contributed by atoms with van der Waals surface area (Å²) in [6.45, 7) is 1.85. The maximum atomic E-state index is 13.2. The number of rotatable bonds is 6. The van der Waals surface area contributed by atoms with Gasteiger partial charge in [0.25, 0.3) is 5.91 Å². The monoisotopic (exact) mass is 392 g/mol. The van der Waals surface area contributed by atoms with E-state index in [4.69, 9.17) is 4.74 Å². The van der Waals surface area contributed by atoms with Crippen LogP contribution in [0.15, 0.2) is 54.6 Å². The molecule has 152 valence electrons. The fourth-order valence-corrected chi connectivity index (χ4v) is 4.05. The van der Waals surface area contributed by atoms with Gasteiger partial charge in [0.1, 0.15) is 5.75 Å². The molecule has 2 aliphatic rings. The molecule has 2 aromatic rings. The van der Waals surface area contributed by atoms with Gasteiger partial charge in [-0.1, -0.05) is 30.3 Å². The molecule has 5 heteroatoms. The predicted molar refractivity (Wildman–Crippen MR) is 112 cm³/mol. The first-order chi connectivity index (χ1) is 14.1. The summed E-state index contributed by atoms with van der Waals surface area (Å²) in [5.74, 6) is 1.38. The molecule has 0 unspecified atom stereocenters. The van der Waals surface area contributed by atoms with Crippen LogP contribution in [0.1, 0.15) is 41.1 Å². The van der Waals surface area contributed by atoms with E-state index in [9.17, 15) is 9.59 Å². The van der Waals surface area contributed by atoms with E-state index in [-0.39, 0.29) is 23.7 Å². The lowest BCUT2D eigenvalue weighted by molar-refractivity contribution is -0.126. The Bertz CT molecular complexity index is 846. The summed E-state index contributed by atoms with van der Waals surface area (Å²) in [5.41, 5.74) is 1.80. The van der Waals surface area contributed by atoms with Crippen LogP contribution in [0.5, 0.6) is 5.75 Å². The van der Waals surface area contributed by atoms with Crippen molar-refractivity contribution < 1.29 is 14.3 Å². The zero-order valence-electron chi connectivity index (χ0n) is 16.8. The lowest BCUT2D eigenvalue weighted by Crippen LogP contribution is -2.48. The highest BCUT2D eigenvalue weighted by molar-refractivity contribution is 5.95. The third-order valence-electron chi connectivity index (χ3n) is 5.98. The Balaban J connectivity index is 1.52. The summed E-state index contributed by atoms with van der Waals surface area (Å²) in [4.78, 5) is 27.8. The van der Waals surface area contributed by atoms with Crippen LogP contribution in [0.4, 0.5) is 0 Å². The maximum Gasteiger partial charge on any atom is 0.253 e. The first-order valence-corrected chi connectivity index (χ1v) is 10.4. The Kier molecular flexibility index (Phi) is 5.84. The van der Waals surface area contributed by atoms with Crippen molar-refractivity contribution in [3.05, 3.63) is 65.7 Å². The predicted octanol–water partition coefficient (Wildman–Crippen LogP) is 3.47. The van der Waals surface area contributed by atoms with Crippen molar-refractivity contribution in [2.45, 2.75) is 25.2 Å². The molecule has 29 heavy (non-hydrogen) atoms. The molecule has 0 spiro atoms. The molecular formula is C24H28N2O3. The normalized spacial score (nSPS) is 21.5. The second-order valence-corrected chi connectivity index (χ2v) is 8.17. The number of methoxy groups -OCH3 is 1. The van der Waals surface area contributed by atoms with E-state index < -0.39 is 0 Å². The molecule has 2 atom stereocenters. The van der Waals surface area contributed by atoms with Crippen molar-refractivity contribution in [1.82, 2.24) is 10.2 Å². The van der Waals surface area contributed by atoms with E-state index in [1.807, 2.05) is 23.1 Å². The fourth-order valence-electron chi connectivity index (χ4n) is 4.05. The van der Waals surface area contributed by atoms with Crippen molar-refractivity contribution in [2.75, 3.05) is 26.7 Å². The highest BCUT2D eigenvalue weighted by Gasteiger charge is 2.35. The van der Waals surface area contributed by atoms with Crippen molar-refractivity contribution >= 4 is 11.8 Å². The molecule has 0 aromatic heterocycles. The number of piperidine rings is 1. The third-order valence-corrected chi connectivity index (χ3v) is 5.98. The van der Waals surface area contributed by atoms with Gasteiger partial charge in [0.2, 0.25) is 5.91 Å². The van der Waals surface area contributed by atoms with Gasteiger partial charge in [0.05, 0.1) is 13.0 Å². The number of nitrogens with one attached hydrogen (secondary N) is 1. The van der Waals surface area contributed by atoms with Gasteiger partial charge in [-0.25, -0.2) is 0 Å². The van der Waals surface area contributed by atoms with E-state index in [0.717, 1.165) is 18.7 Å². The van der Waals surface area contributed by atoms with Crippen molar-refractivity contribution in [2.24, 2.45) is 11.8 Å². The smallest absolute Gasteiger partial charge is 0.253 e. The molecule has 0 radical (unpaired) electrons. The van der Waals surface area contributed by atoms with Crippen molar-refractivity contribution in [3.8, 4) is 5.75 Å². The number of likely N-dealkylation sites (tertiary alicyclic amines) is 1. The molecule has 2 amide bonds. The van der Waals surface area contributed by atoms with Crippen LogP contribution in [0, 0.1) is 11.8 Å². The molecule has 0 bridgehead atoms. The SMILES string of the molecule is COc1ccc(C(=O)N2C[C@H](C(=O)NCC3CC3)C[C@@H](c3ccccc3)C2)cc1. The number of hydrogen-bond donors (Lipinski definition) is 1. The van der Waals surface area contributed by atoms with E-state index in [1.165, 1.54) is 18.4 Å². The van der Waals surface area contributed by atoms with E-state index in [0.29, 0.717) is 24.6 Å². The van der Waals surface area contributed by atoms with Crippen LogP contribution >= 0.6 is 0 Å². The summed E-state index contributed by atoms with van der Waals surface area (Å²) in [5, 5.41) is 3.11. The van der Waals surface area contributed by atoms with Crippen LogP contribution in [0.3, 0.4) is 0 Å². The molecule has 5 nitrogen and oxygen atoms in total. The van der Waals surface area contributed by atoms with Gasteiger partial charge in [-0.15, -0.1) is 0 Å². The van der Waals surface area contributed by atoms with Crippen LogP contribution in [0.2, 0.25) is 0 Å². The average Bonchev–Trinajstić information content (AvgIpc) is 3.62. The molecular weight excluding hydrogens is 364 g/mol. The van der Waals surface area contributed by atoms with Gasteiger partial charge in [-0.2, -0.15) is 0 Å².